The van der Waals surface area contributed by atoms with E-state index in [4.69, 9.17) is 11.6 Å². The van der Waals surface area contributed by atoms with E-state index in [9.17, 15) is 4.79 Å². The molecule has 1 rings (SSSR count). The lowest BCUT2D eigenvalue weighted by Gasteiger charge is -2.06. The Labute approximate surface area is 96.6 Å². The Morgan fingerprint density at radius 1 is 1.62 bits per heavy atom. The van der Waals surface area contributed by atoms with Crippen LogP contribution in [0.15, 0.2) is 18.2 Å². The zero-order valence-electron chi connectivity index (χ0n) is 7.26. The van der Waals surface area contributed by atoms with Crippen molar-refractivity contribution >= 4 is 40.5 Å². The van der Waals surface area contributed by atoms with Gasteiger partial charge in [0.05, 0.1) is 0 Å². The molecule has 1 nitrogen and oxygen atoms in total. The summed E-state index contributed by atoms with van der Waals surface area (Å²) in [5.74, 6) is 0.0784. The molecule has 1 atom stereocenters. The summed E-state index contributed by atoms with van der Waals surface area (Å²) < 4.78 is 1.12. The molecule has 3 heteroatoms. The van der Waals surface area contributed by atoms with Gasteiger partial charge in [-0.15, -0.1) is 0 Å². The van der Waals surface area contributed by atoms with Gasteiger partial charge in [-0.1, -0.05) is 24.6 Å². The molecule has 1 aromatic rings. The minimum atomic E-state index is 0.0784. The largest absolute Gasteiger partial charge is 0.303 e. The molecule has 0 heterocycles. The summed E-state index contributed by atoms with van der Waals surface area (Å²) in [5.41, 5.74) is 1.18. The molecular formula is C10H10ClIO. The number of halogens is 2. The normalized spacial score (nSPS) is 12.5. The highest BCUT2D eigenvalue weighted by atomic mass is 127. The highest BCUT2D eigenvalue weighted by Gasteiger charge is 2.05. The maximum Gasteiger partial charge on any atom is 0.123 e. The average Bonchev–Trinajstić information content (AvgIpc) is 2.09. The molecule has 0 aliphatic carbocycles. The molecular weight excluding hydrogens is 298 g/mol. The Kier molecular flexibility index (Phi) is 4.19. The van der Waals surface area contributed by atoms with Crippen molar-refractivity contribution in [1.82, 2.24) is 0 Å². The summed E-state index contributed by atoms with van der Waals surface area (Å²) in [6.45, 7) is 1.91. The monoisotopic (exact) mass is 308 g/mol. The number of aldehydes is 1. The highest BCUT2D eigenvalue weighted by molar-refractivity contribution is 14.1. The summed E-state index contributed by atoms with van der Waals surface area (Å²) in [6.07, 6.45) is 1.77. The van der Waals surface area contributed by atoms with E-state index in [0.29, 0.717) is 0 Å². The molecule has 0 aliphatic rings. The van der Waals surface area contributed by atoms with Crippen LogP contribution in [0.25, 0.3) is 0 Å². The molecule has 1 unspecified atom stereocenters. The Bertz CT molecular complexity index is 312. The topological polar surface area (TPSA) is 17.1 Å². The summed E-state index contributed by atoms with van der Waals surface area (Å²) in [6, 6.07) is 5.75. The van der Waals surface area contributed by atoms with Gasteiger partial charge in [0.2, 0.25) is 0 Å². The molecule has 0 amide bonds. The fourth-order valence-electron chi connectivity index (χ4n) is 1.08. The van der Waals surface area contributed by atoms with Crippen LogP contribution < -0.4 is 0 Å². The van der Waals surface area contributed by atoms with E-state index in [1.165, 1.54) is 5.56 Å². The molecule has 0 bridgehead atoms. The number of hydrogen-bond donors (Lipinski definition) is 0. The number of benzene rings is 1. The van der Waals surface area contributed by atoms with Crippen LogP contribution in [0.4, 0.5) is 0 Å². The zero-order chi connectivity index (χ0) is 9.84. The Morgan fingerprint density at radius 2 is 2.31 bits per heavy atom. The SMILES string of the molecule is CC(C=O)Cc1ccc(Cl)cc1I. The number of carbonyl (C=O) groups excluding carboxylic acids is 1. The lowest BCUT2D eigenvalue weighted by Crippen LogP contribution is -2.02. The van der Waals surface area contributed by atoms with E-state index in [-0.39, 0.29) is 5.92 Å². The van der Waals surface area contributed by atoms with Gasteiger partial charge in [0, 0.05) is 14.5 Å². The second-order valence-corrected chi connectivity index (χ2v) is 4.65. The van der Waals surface area contributed by atoms with Crippen LogP contribution in [0.5, 0.6) is 0 Å². The molecule has 0 saturated carbocycles. The van der Waals surface area contributed by atoms with Gasteiger partial charge in [0.25, 0.3) is 0 Å². The minimum Gasteiger partial charge on any atom is -0.303 e. The van der Waals surface area contributed by atoms with Crippen molar-refractivity contribution in [2.24, 2.45) is 5.92 Å². The van der Waals surface area contributed by atoms with Crippen molar-refractivity contribution in [2.75, 3.05) is 0 Å². The fourth-order valence-corrected chi connectivity index (χ4v) is 2.17. The Hall–Kier alpha value is -0.0900. The predicted octanol–water partition coefficient (Wildman–Crippen LogP) is 3.32. The molecule has 0 spiro atoms. The van der Waals surface area contributed by atoms with Crippen molar-refractivity contribution in [1.29, 1.82) is 0 Å². The van der Waals surface area contributed by atoms with Crippen LogP contribution in [0.1, 0.15) is 12.5 Å². The molecule has 0 radical (unpaired) electrons. The summed E-state index contributed by atoms with van der Waals surface area (Å²) >= 11 is 8.05. The van der Waals surface area contributed by atoms with E-state index in [1.807, 2.05) is 25.1 Å². The maximum atomic E-state index is 10.5. The van der Waals surface area contributed by atoms with E-state index in [0.717, 1.165) is 21.3 Å². The average molecular weight is 309 g/mol. The quantitative estimate of drug-likeness (QED) is 0.618. The highest BCUT2D eigenvalue weighted by Crippen LogP contribution is 2.20. The third kappa shape index (κ3) is 3.27. The van der Waals surface area contributed by atoms with Crippen LogP contribution in [-0.2, 0) is 11.2 Å². The smallest absolute Gasteiger partial charge is 0.123 e. The van der Waals surface area contributed by atoms with Crippen molar-refractivity contribution in [3.8, 4) is 0 Å². The van der Waals surface area contributed by atoms with Crippen molar-refractivity contribution < 1.29 is 4.79 Å². The molecule has 0 fully saturated rings. The van der Waals surface area contributed by atoms with Gasteiger partial charge in [-0.05, 0) is 46.7 Å². The molecule has 70 valence electrons. The molecule has 13 heavy (non-hydrogen) atoms. The number of carbonyl (C=O) groups is 1. The van der Waals surface area contributed by atoms with Crippen LogP contribution in [0, 0.1) is 9.49 Å². The van der Waals surface area contributed by atoms with Gasteiger partial charge in [0.15, 0.2) is 0 Å². The van der Waals surface area contributed by atoms with E-state index in [2.05, 4.69) is 22.6 Å². The van der Waals surface area contributed by atoms with Crippen molar-refractivity contribution in [3.63, 3.8) is 0 Å². The molecule has 0 N–H and O–H groups in total. The first-order chi connectivity index (χ1) is 6.13. The third-order valence-electron chi connectivity index (χ3n) is 1.79. The predicted molar refractivity (Wildman–Crippen MR) is 63.1 cm³/mol. The fraction of sp³-hybridized carbons (Fsp3) is 0.300. The molecule has 1 aromatic carbocycles. The first-order valence-electron chi connectivity index (χ1n) is 4.02. The molecule has 0 aliphatic heterocycles. The van der Waals surface area contributed by atoms with Crippen LogP contribution in [0.3, 0.4) is 0 Å². The lowest BCUT2D eigenvalue weighted by atomic mass is 10.0. The minimum absolute atomic E-state index is 0.0784. The Morgan fingerprint density at radius 3 is 2.85 bits per heavy atom. The zero-order valence-corrected chi connectivity index (χ0v) is 10.2. The van der Waals surface area contributed by atoms with Gasteiger partial charge in [-0.2, -0.15) is 0 Å². The van der Waals surface area contributed by atoms with E-state index < -0.39 is 0 Å². The summed E-state index contributed by atoms with van der Waals surface area (Å²) in [7, 11) is 0. The lowest BCUT2D eigenvalue weighted by molar-refractivity contribution is -0.110. The van der Waals surface area contributed by atoms with Crippen LogP contribution in [0.2, 0.25) is 5.02 Å². The Balaban J connectivity index is 2.83. The van der Waals surface area contributed by atoms with E-state index in [1.54, 1.807) is 0 Å². The second kappa shape index (κ2) is 4.96. The van der Waals surface area contributed by atoms with Gasteiger partial charge in [0.1, 0.15) is 6.29 Å². The number of rotatable bonds is 3. The van der Waals surface area contributed by atoms with Crippen LogP contribution in [-0.4, -0.2) is 6.29 Å². The number of hydrogen-bond acceptors (Lipinski definition) is 1. The third-order valence-corrected chi connectivity index (χ3v) is 3.03. The first-order valence-corrected chi connectivity index (χ1v) is 5.48. The van der Waals surface area contributed by atoms with Crippen molar-refractivity contribution in [2.45, 2.75) is 13.3 Å². The first kappa shape index (κ1) is 11.0. The molecule has 0 aromatic heterocycles. The molecule has 0 saturated heterocycles. The summed E-state index contributed by atoms with van der Waals surface area (Å²) in [4.78, 5) is 10.5. The van der Waals surface area contributed by atoms with Crippen molar-refractivity contribution in [3.05, 3.63) is 32.4 Å². The summed E-state index contributed by atoms with van der Waals surface area (Å²) in [5, 5.41) is 0.743. The van der Waals surface area contributed by atoms with Crippen LogP contribution >= 0.6 is 34.2 Å². The second-order valence-electron chi connectivity index (χ2n) is 3.05. The van der Waals surface area contributed by atoms with Gasteiger partial charge < -0.3 is 4.79 Å². The van der Waals surface area contributed by atoms with Gasteiger partial charge in [-0.3, -0.25) is 0 Å². The standard InChI is InChI=1S/C10H10ClIO/c1-7(6-13)4-8-2-3-9(11)5-10(8)12/h2-3,5-7H,4H2,1H3. The maximum absolute atomic E-state index is 10.5. The van der Waals surface area contributed by atoms with Gasteiger partial charge >= 0.3 is 0 Å². The van der Waals surface area contributed by atoms with E-state index >= 15 is 0 Å². The van der Waals surface area contributed by atoms with Gasteiger partial charge in [-0.25, -0.2) is 0 Å².